The molecule has 0 amide bonds. The zero-order valence-electron chi connectivity index (χ0n) is 14.9. The molecule has 0 saturated heterocycles. The summed E-state index contributed by atoms with van der Waals surface area (Å²) in [5, 5.41) is 15.0. The van der Waals surface area contributed by atoms with E-state index in [1.807, 2.05) is 60.7 Å². The maximum Gasteiger partial charge on any atom is 0.118 e. The first-order chi connectivity index (χ1) is 13.0. The quantitative estimate of drug-likeness (QED) is 0.383. The molecule has 5 heteroatoms. The van der Waals surface area contributed by atoms with Crippen LogP contribution in [0.4, 0.5) is 5.69 Å². The van der Waals surface area contributed by atoms with Crippen molar-refractivity contribution in [2.24, 2.45) is 0 Å². The standard InChI is InChI=1S/C22H21ClINO2/c1-27-20-12-4-16(5-13-20)22(26)14-21(15-2-6-17(23)7-3-15)25-19-10-8-18(24)9-11-19/h2-13,21-22,25-26H,14H2,1H3. The maximum absolute atomic E-state index is 10.8. The molecule has 2 unspecified atom stereocenters. The Morgan fingerprint density at radius 2 is 1.52 bits per heavy atom. The van der Waals surface area contributed by atoms with Crippen LogP contribution in [0.15, 0.2) is 72.8 Å². The van der Waals surface area contributed by atoms with Crippen LogP contribution in [0.5, 0.6) is 5.75 Å². The number of ether oxygens (including phenoxy) is 1. The summed E-state index contributed by atoms with van der Waals surface area (Å²) in [4.78, 5) is 0. The Bertz CT molecular complexity index is 851. The third kappa shape index (κ3) is 5.61. The smallest absolute Gasteiger partial charge is 0.118 e. The summed E-state index contributed by atoms with van der Waals surface area (Å²) in [5.74, 6) is 0.775. The molecule has 0 bridgehead atoms. The number of hydrogen-bond acceptors (Lipinski definition) is 3. The zero-order valence-corrected chi connectivity index (χ0v) is 17.8. The first-order valence-electron chi connectivity index (χ1n) is 8.65. The van der Waals surface area contributed by atoms with Gasteiger partial charge in [0.15, 0.2) is 0 Å². The molecule has 0 fully saturated rings. The number of nitrogens with one attached hydrogen (secondary N) is 1. The Hall–Kier alpha value is -1.76. The molecule has 0 saturated carbocycles. The Morgan fingerprint density at radius 1 is 0.926 bits per heavy atom. The van der Waals surface area contributed by atoms with E-state index in [4.69, 9.17) is 16.3 Å². The molecule has 0 spiro atoms. The van der Waals surface area contributed by atoms with Crippen LogP contribution in [0.1, 0.15) is 29.7 Å². The molecule has 0 aromatic heterocycles. The van der Waals surface area contributed by atoms with Gasteiger partial charge in [-0.2, -0.15) is 0 Å². The average molecular weight is 494 g/mol. The SMILES string of the molecule is COc1ccc(C(O)CC(Nc2ccc(I)cc2)c2ccc(Cl)cc2)cc1. The van der Waals surface area contributed by atoms with Crippen LogP contribution >= 0.6 is 34.2 Å². The monoisotopic (exact) mass is 493 g/mol. The van der Waals surface area contributed by atoms with Gasteiger partial charge in [0, 0.05) is 20.7 Å². The Morgan fingerprint density at radius 3 is 2.11 bits per heavy atom. The summed E-state index contributed by atoms with van der Waals surface area (Å²) in [6.07, 6.45) is -0.0760. The molecule has 140 valence electrons. The molecule has 3 aromatic rings. The lowest BCUT2D eigenvalue weighted by Gasteiger charge is -2.24. The van der Waals surface area contributed by atoms with E-state index in [0.29, 0.717) is 11.4 Å². The number of benzene rings is 3. The van der Waals surface area contributed by atoms with Gasteiger partial charge in [-0.15, -0.1) is 0 Å². The van der Waals surface area contributed by atoms with Gasteiger partial charge in [-0.25, -0.2) is 0 Å². The number of anilines is 1. The molecule has 27 heavy (non-hydrogen) atoms. The summed E-state index contributed by atoms with van der Waals surface area (Å²) in [6.45, 7) is 0. The van der Waals surface area contributed by atoms with Gasteiger partial charge < -0.3 is 15.2 Å². The fourth-order valence-electron chi connectivity index (χ4n) is 2.91. The van der Waals surface area contributed by atoms with Crippen LogP contribution in [-0.4, -0.2) is 12.2 Å². The normalized spacial score (nSPS) is 13.0. The van der Waals surface area contributed by atoms with E-state index in [0.717, 1.165) is 22.6 Å². The number of aliphatic hydroxyl groups is 1. The predicted octanol–water partition coefficient (Wildman–Crippen LogP) is 6.23. The number of halogens is 2. The van der Waals surface area contributed by atoms with E-state index in [-0.39, 0.29) is 6.04 Å². The molecule has 0 radical (unpaired) electrons. The average Bonchev–Trinajstić information content (AvgIpc) is 2.70. The molecular formula is C22H21ClINO2. The first-order valence-corrected chi connectivity index (χ1v) is 10.1. The molecule has 0 aliphatic carbocycles. The summed E-state index contributed by atoms with van der Waals surface area (Å²) in [5.41, 5.74) is 2.95. The van der Waals surface area contributed by atoms with Crippen molar-refractivity contribution in [3.63, 3.8) is 0 Å². The highest BCUT2D eigenvalue weighted by Crippen LogP contribution is 2.31. The molecule has 3 aromatic carbocycles. The lowest BCUT2D eigenvalue weighted by Crippen LogP contribution is -2.15. The number of methoxy groups -OCH3 is 1. The molecule has 3 nitrogen and oxygen atoms in total. The lowest BCUT2D eigenvalue weighted by atomic mass is 9.96. The summed E-state index contributed by atoms with van der Waals surface area (Å²) >= 11 is 8.33. The minimum atomic E-state index is -0.604. The Balaban J connectivity index is 1.81. The molecule has 0 heterocycles. The van der Waals surface area contributed by atoms with Crippen molar-refractivity contribution in [3.05, 3.63) is 92.5 Å². The van der Waals surface area contributed by atoms with Crippen molar-refractivity contribution in [1.29, 1.82) is 0 Å². The summed E-state index contributed by atoms with van der Waals surface area (Å²) in [6, 6.07) is 23.4. The molecule has 2 N–H and O–H groups in total. The van der Waals surface area contributed by atoms with Crippen LogP contribution < -0.4 is 10.1 Å². The molecule has 2 atom stereocenters. The molecular weight excluding hydrogens is 473 g/mol. The van der Waals surface area contributed by atoms with Gasteiger partial charge >= 0.3 is 0 Å². The minimum Gasteiger partial charge on any atom is -0.497 e. The highest BCUT2D eigenvalue weighted by atomic mass is 127. The second kappa shape index (κ2) is 9.44. The lowest BCUT2D eigenvalue weighted by molar-refractivity contribution is 0.160. The highest BCUT2D eigenvalue weighted by Gasteiger charge is 2.18. The zero-order chi connectivity index (χ0) is 19.2. The van der Waals surface area contributed by atoms with Crippen LogP contribution in [0.25, 0.3) is 0 Å². The number of rotatable bonds is 7. The molecule has 0 aliphatic heterocycles. The first kappa shape index (κ1) is 20.0. The minimum absolute atomic E-state index is 0.0561. The second-order valence-corrected chi connectivity index (χ2v) is 7.96. The van der Waals surface area contributed by atoms with Crippen molar-refractivity contribution in [2.45, 2.75) is 18.6 Å². The van der Waals surface area contributed by atoms with Gasteiger partial charge in [-0.3, -0.25) is 0 Å². The van der Waals surface area contributed by atoms with E-state index < -0.39 is 6.10 Å². The largest absolute Gasteiger partial charge is 0.497 e. The third-order valence-corrected chi connectivity index (χ3v) is 5.39. The topological polar surface area (TPSA) is 41.5 Å². The van der Waals surface area contributed by atoms with E-state index in [9.17, 15) is 5.11 Å². The summed E-state index contributed by atoms with van der Waals surface area (Å²) < 4.78 is 6.37. The Kier molecular flexibility index (Phi) is 6.99. The van der Waals surface area contributed by atoms with Crippen molar-refractivity contribution in [3.8, 4) is 5.75 Å². The maximum atomic E-state index is 10.8. The van der Waals surface area contributed by atoms with Crippen molar-refractivity contribution >= 4 is 39.9 Å². The van der Waals surface area contributed by atoms with Crippen LogP contribution in [0, 0.1) is 3.57 Å². The van der Waals surface area contributed by atoms with Gasteiger partial charge in [0.2, 0.25) is 0 Å². The van der Waals surface area contributed by atoms with Gasteiger partial charge in [0.05, 0.1) is 19.3 Å². The van der Waals surface area contributed by atoms with Gasteiger partial charge in [0.1, 0.15) is 5.75 Å². The van der Waals surface area contributed by atoms with Crippen molar-refractivity contribution < 1.29 is 9.84 Å². The van der Waals surface area contributed by atoms with Crippen molar-refractivity contribution in [1.82, 2.24) is 0 Å². The van der Waals surface area contributed by atoms with E-state index in [1.54, 1.807) is 7.11 Å². The number of hydrogen-bond donors (Lipinski definition) is 2. The third-order valence-electron chi connectivity index (χ3n) is 4.42. The van der Waals surface area contributed by atoms with Gasteiger partial charge in [-0.1, -0.05) is 35.9 Å². The van der Waals surface area contributed by atoms with Crippen LogP contribution in [-0.2, 0) is 0 Å². The second-order valence-electron chi connectivity index (χ2n) is 6.28. The van der Waals surface area contributed by atoms with Gasteiger partial charge in [0.25, 0.3) is 0 Å². The van der Waals surface area contributed by atoms with E-state index in [1.165, 1.54) is 3.57 Å². The Labute approximate surface area is 178 Å². The fourth-order valence-corrected chi connectivity index (χ4v) is 3.39. The number of aliphatic hydroxyl groups excluding tert-OH is 1. The van der Waals surface area contributed by atoms with E-state index in [2.05, 4.69) is 40.0 Å². The highest BCUT2D eigenvalue weighted by molar-refractivity contribution is 14.1. The predicted molar refractivity (Wildman–Crippen MR) is 120 cm³/mol. The van der Waals surface area contributed by atoms with Gasteiger partial charge in [-0.05, 0) is 82.2 Å². The van der Waals surface area contributed by atoms with Crippen molar-refractivity contribution in [2.75, 3.05) is 12.4 Å². The summed E-state index contributed by atoms with van der Waals surface area (Å²) in [7, 11) is 1.63. The van der Waals surface area contributed by atoms with E-state index >= 15 is 0 Å². The molecule has 0 aliphatic rings. The molecule has 3 rings (SSSR count). The van der Waals surface area contributed by atoms with Crippen LogP contribution in [0.3, 0.4) is 0 Å². The van der Waals surface area contributed by atoms with Crippen LogP contribution in [0.2, 0.25) is 5.02 Å². The fraction of sp³-hybridized carbons (Fsp3) is 0.182.